The summed E-state index contributed by atoms with van der Waals surface area (Å²) in [4.78, 5) is 3.17. The van der Waals surface area contributed by atoms with Gasteiger partial charge in [0.1, 0.15) is 10.4 Å². The van der Waals surface area contributed by atoms with Crippen LogP contribution in [0.2, 0.25) is 0 Å². The molecule has 0 aliphatic carbocycles. The molecule has 2 heteroatoms. The van der Waals surface area contributed by atoms with Gasteiger partial charge in [-0.15, -0.1) is 0 Å². The summed E-state index contributed by atoms with van der Waals surface area (Å²) >= 11 is 0. The van der Waals surface area contributed by atoms with Crippen LogP contribution in [0.5, 0.6) is 0 Å². The number of nitrogens with one attached hydrogen (secondary N) is 1. The molecule has 1 N–H and O–H groups in total. The number of hydrogen-bond acceptors (Lipinski definition) is 1. The second-order valence-corrected chi connectivity index (χ2v) is 2.72. The van der Waals surface area contributed by atoms with Crippen LogP contribution < -0.4 is 4.98 Å². The lowest BCUT2D eigenvalue weighted by Gasteiger charge is -2.29. The van der Waals surface area contributed by atoms with Crippen molar-refractivity contribution >= 4 is 10.4 Å². The van der Waals surface area contributed by atoms with Gasteiger partial charge in [-0.05, 0) is 19.3 Å². The van der Waals surface area contributed by atoms with Crippen LogP contribution in [0.15, 0.2) is 0 Å². The summed E-state index contributed by atoms with van der Waals surface area (Å²) in [6.07, 6.45) is 3.55. The Bertz CT molecular complexity index is 51.8. The van der Waals surface area contributed by atoms with Gasteiger partial charge in [-0.25, -0.2) is 0 Å². The molecule has 53 valence electrons. The second-order valence-electron chi connectivity index (χ2n) is 2.47. The summed E-state index contributed by atoms with van der Waals surface area (Å²) in [7, 11) is 3.35. The fourth-order valence-electron chi connectivity index (χ4n) is 1.02. The normalized spacial score (nSPS) is 12.0. The smallest absolute Gasteiger partial charge is 0.140 e. The summed E-state index contributed by atoms with van der Waals surface area (Å²) in [6, 6.07) is 0. The van der Waals surface area contributed by atoms with Crippen LogP contribution in [0.25, 0.3) is 0 Å². The van der Waals surface area contributed by atoms with Crippen molar-refractivity contribution in [2.45, 2.75) is 45.6 Å². The van der Waals surface area contributed by atoms with E-state index in [4.69, 9.17) is 0 Å². The second kappa shape index (κ2) is 4.07. The van der Waals surface area contributed by atoms with Crippen molar-refractivity contribution in [2.75, 3.05) is 0 Å². The Morgan fingerprint density at radius 3 is 1.44 bits per heavy atom. The van der Waals surface area contributed by atoms with Crippen molar-refractivity contribution in [3.63, 3.8) is 0 Å². The molecule has 0 saturated carbocycles. The molecule has 0 saturated heterocycles. The highest BCUT2D eigenvalue weighted by Crippen LogP contribution is 2.17. The fourth-order valence-corrected chi connectivity index (χ4v) is 1.55. The minimum atomic E-state index is 0.330. The standard InChI is InChI=1S/C7H16NSi/c1-4-7(5-2,6-3)8-9/h8H,4-6H2,1-3H3. The molecule has 9 heavy (non-hydrogen) atoms. The first-order chi connectivity index (χ1) is 4.24. The molecule has 0 rings (SSSR count). The minimum Gasteiger partial charge on any atom is -0.335 e. The van der Waals surface area contributed by atoms with Gasteiger partial charge in [0.25, 0.3) is 0 Å². The van der Waals surface area contributed by atoms with Crippen LogP contribution in [-0.2, 0) is 0 Å². The summed E-state index contributed by atoms with van der Waals surface area (Å²) < 4.78 is 0. The van der Waals surface area contributed by atoms with E-state index in [1.54, 1.807) is 0 Å². The predicted octanol–water partition coefficient (Wildman–Crippen LogP) is 1.63. The fraction of sp³-hybridized carbons (Fsp3) is 1.00. The summed E-state index contributed by atoms with van der Waals surface area (Å²) in [6.45, 7) is 6.63. The van der Waals surface area contributed by atoms with E-state index in [0.29, 0.717) is 5.54 Å². The van der Waals surface area contributed by atoms with Gasteiger partial charge < -0.3 is 4.98 Å². The van der Waals surface area contributed by atoms with Crippen LogP contribution in [0.4, 0.5) is 0 Å². The first-order valence-electron chi connectivity index (χ1n) is 3.68. The van der Waals surface area contributed by atoms with Gasteiger partial charge >= 0.3 is 0 Å². The molecule has 0 aliphatic rings. The molecule has 0 unspecified atom stereocenters. The largest absolute Gasteiger partial charge is 0.335 e. The molecule has 1 nitrogen and oxygen atoms in total. The molecule has 0 aromatic rings. The highest BCUT2D eigenvalue weighted by atomic mass is 28.2. The molecule has 0 spiro atoms. The molecule has 0 aromatic carbocycles. The molecule has 0 heterocycles. The van der Waals surface area contributed by atoms with E-state index in [1.165, 1.54) is 19.3 Å². The average Bonchev–Trinajstić information content (AvgIpc) is 1.95. The third-order valence-electron chi connectivity index (χ3n) is 2.30. The van der Waals surface area contributed by atoms with Gasteiger partial charge in [0.15, 0.2) is 0 Å². The predicted molar refractivity (Wildman–Crippen MR) is 42.5 cm³/mol. The minimum absolute atomic E-state index is 0.330. The molecular weight excluding hydrogens is 126 g/mol. The Labute approximate surface area is 61.7 Å². The van der Waals surface area contributed by atoms with Gasteiger partial charge in [-0.1, -0.05) is 20.8 Å². The van der Waals surface area contributed by atoms with Gasteiger partial charge in [0, 0.05) is 5.54 Å². The highest BCUT2D eigenvalue weighted by molar-refractivity contribution is 6.04. The third kappa shape index (κ3) is 2.10. The quantitative estimate of drug-likeness (QED) is 0.588. The van der Waals surface area contributed by atoms with E-state index in [2.05, 4.69) is 36.2 Å². The molecule has 0 fully saturated rings. The maximum Gasteiger partial charge on any atom is 0.140 e. The highest BCUT2D eigenvalue weighted by Gasteiger charge is 2.19. The Morgan fingerprint density at radius 2 is 1.44 bits per heavy atom. The zero-order valence-corrected chi connectivity index (χ0v) is 7.62. The Kier molecular flexibility index (Phi) is 4.15. The van der Waals surface area contributed by atoms with E-state index in [1.807, 2.05) is 0 Å². The van der Waals surface area contributed by atoms with Crippen molar-refractivity contribution in [3.8, 4) is 0 Å². The van der Waals surface area contributed by atoms with Crippen molar-refractivity contribution in [2.24, 2.45) is 0 Å². The lowest BCUT2D eigenvalue weighted by atomic mass is 9.91. The van der Waals surface area contributed by atoms with Gasteiger partial charge in [-0.2, -0.15) is 0 Å². The lowest BCUT2D eigenvalue weighted by Crippen LogP contribution is -2.41. The Balaban J connectivity index is 3.82. The molecule has 0 aliphatic heterocycles. The summed E-state index contributed by atoms with van der Waals surface area (Å²) in [5.41, 5.74) is 0.330. The Morgan fingerprint density at radius 1 is 1.11 bits per heavy atom. The first-order valence-corrected chi connectivity index (χ1v) is 4.18. The molecule has 3 radical (unpaired) electrons. The zero-order chi connectivity index (χ0) is 7.33. The first kappa shape index (κ1) is 9.18. The van der Waals surface area contributed by atoms with Crippen molar-refractivity contribution in [1.82, 2.24) is 4.98 Å². The zero-order valence-electron chi connectivity index (χ0n) is 6.62. The van der Waals surface area contributed by atoms with Crippen LogP contribution in [0.1, 0.15) is 40.0 Å². The summed E-state index contributed by atoms with van der Waals surface area (Å²) in [5, 5.41) is 0. The van der Waals surface area contributed by atoms with Crippen LogP contribution >= 0.6 is 0 Å². The van der Waals surface area contributed by atoms with Crippen LogP contribution in [0, 0.1) is 0 Å². The maximum absolute atomic E-state index is 3.35. The van der Waals surface area contributed by atoms with Crippen molar-refractivity contribution in [1.29, 1.82) is 0 Å². The van der Waals surface area contributed by atoms with Gasteiger partial charge in [0.05, 0.1) is 0 Å². The maximum atomic E-state index is 3.35. The van der Waals surface area contributed by atoms with Crippen molar-refractivity contribution < 1.29 is 0 Å². The van der Waals surface area contributed by atoms with E-state index < -0.39 is 0 Å². The van der Waals surface area contributed by atoms with Gasteiger partial charge in [0.2, 0.25) is 0 Å². The molecular formula is C7H16NSi. The van der Waals surface area contributed by atoms with Gasteiger partial charge in [-0.3, -0.25) is 0 Å². The number of rotatable bonds is 4. The molecule has 0 atom stereocenters. The van der Waals surface area contributed by atoms with E-state index in [-0.39, 0.29) is 0 Å². The molecule has 0 amide bonds. The van der Waals surface area contributed by atoms with Crippen LogP contribution in [0.3, 0.4) is 0 Å². The van der Waals surface area contributed by atoms with E-state index in [0.717, 1.165) is 0 Å². The monoisotopic (exact) mass is 142 g/mol. The van der Waals surface area contributed by atoms with E-state index in [9.17, 15) is 0 Å². The lowest BCUT2D eigenvalue weighted by molar-refractivity contribution is 0.349. The molecule has 0 aromatic heterocycles. The molecule has 0 bridgehead atoms. The topological polar surface area (TPSA) is 12.0 Å². The average molecular weight is 142 g/mol. The van der Waals surface area contributed by atoms with E-state index >= 15 is 0 Å². The summed E-state index contributed by atoms with van der Waals surface area (Å²) in [5.74, 6) is 0. The SMILES string of the molecule is CCC(CC)(CC)N[Si]. The third-order valence-corrected chi connectivity index (χ3v) is 2.83. The van der Waals surface area contributed by atoms with Crippen LogP contribution in [-0.4, -0.2) is 15.9 Å². The Hall–Kier alpha value is 0.177. The number of hydrogen-bond donors (Lipinski definition) is 1. The van der Waals surface area contributed by atoms with Crippen molar-refractivity contribution in [3.05, 3.63) is 0 Å².